The number of anilines is 1. The molecule has 1 aliphatic heterocycles. The Morgan fingerprint density at radius 1 is 1.53 bits per heavy atom. The maximum atomic E-state index is 11.6. The minimum absolute atomic E-state index is 0.0500. The van der Waals surface area contributed by atoms with Gasteiger partial charge < -0.3 is 15.4 Å². The number of rotatable bonds is 2. The largest absolute Gasteiger partial charge is 0.482 e. The van der Waals surface area contributed by atoms with Gasteiger partial charge in [0.2, 0.25) is 0 Å². The van der Waals surface area contributed by atoms with E-state index < -0.39 is 0 Å². The van der Waals surface area contributed by atoms with Gasteiger partial charge in [0.1, 0.15) is 5.75 Å². The van der Waals surface area contributed by atoms with Crippen LogP contribution in [0.3, 0.4) is 0 Å². The van der Waals surface area contributed by atoms with Crippen LogP contribution in [0.2, 0.25) is 0 Å². The van der Waals surface area contributed by atoms with Crippen molar-refractivity contribution in [3.05, 3.63) is 22.7 Å². The number of fused-ring (bicyclic) bond motifs is 1. The Hall–Kier alpha value is -1.07. The molecule has 80 valence electrons. The van der Waals surface area contributed by atoms with E-state index in [0.717, 1.165) is 15.9 Å². The molecule has 15 heavy (non-hydrogen) atoms. The van der Waals surface area contributed by atoms with Gasteiger partial charge in [0.25, 0.3) is 5.91 Å². The van der Waals surface area contributed by atoms with E-state index in [0.29, 0.717) is 13.1 Å². The van der Waals surface area contributed by atoms with E-state index in [1.54, 1.807) is 4.90 Å². The number of nitrogens with zero attached hydrogens (tertiary/aromatic N) is 1. The Bertz CT molecular complexity index is 395. The lowest BCUT2D eigenvalue weighted by Crippen LogP contribution is -2.41. The average Bonchev–Trinajstić information content (AvgIpc) is 2.23. The number of benzene rings is 1. The van der Waals surface area contributed by atoms with Crippen molar-refractivity contribution in [3.8, 4) is 5.75 Å². The van der Waals surface area contributed by atoms with Crippen LogP contribution >= 0.6 is 15.9 Å². The zero-order chi connectivity index (χ0) is 10.8. The van der Waals surface area contributed by atoms with Crippen molar-refractivity contribution in [2.24, 2.45) is 5.73 Å². The summed E-state index contributed by atoms with van der Waals surface area (Å²) in [6.07, 6.45) is 0. The SMILES string of the molecule is NCCN1C(=O)COc2ccc(Br)cc21. The Morgan fingerprint density at radius 2 is 2.33 bits per heavy atom. The average molecular weight is 271 g/mol. The van der Waals surface area contributed by atoms with Crippen LogP contribution in [0, 0.1) is 0 Å². The predicted molar refractivity (Wildman–Crippen MR) is 61.0 cm³/mol. The molecule has 1 aliphatic rings. The fourth-order valence-electron chi connectivity index (χ4n) is 1.55. The van der Waals surface area contributed by atoms with Gasteiger partial charge in [0.05, 0.1) is 5.69 Å². The van der Waals surface area contributed by atoms with Gasteiger partial charge in [-0.15, -0.1) is 0 Å². The number of nitrogens with two attached hydrogens (primary N) is 1. The second-order valence-electron chi connectivity index (χ2n) is 3.23. The second-order valence-corrected chi connectivity index (χ2v) is 4.15. The standard InChI is InChI=1S/C10H11BrN2O2/c11-7-1-2-9-8(5-7)13(4-3-12)10(14)6-15-9/h1-2,5H,3-4,6,12H2. The zero-order valence-corrected chi connectivity index (χ0v) is 9.66. The molecule has 0 saturated heterocycles. The molecule has 1 amide bonds. The van der Waals surface area contributed by atoms with E-state index in [-0.39, 0.29) is 12.5 Å². The summed E-state index contributed by atoms with van der Waals surface area (Å²) in [5.41, 5.74) is 6.25. The molecule has 0 bridgehead atoms. The monoisotopic (exact) mass is 270 g/mol. The van der Waals surface area contributed by atoms with E-state index in [4.69, 9.17) is 10.5 Å². The van der Waals surface area contributed by atoms with Crippen LogP contribution in [0.15, 0.2) is 22.7 Å². The molecule has 2 N–H and O–H groups in total. The van der Waals surface area contributed by atoms with Crippen LogP contribution in [-0.2, 0) is 4.79 Å². The van der Waals surface area contributed by atoms with Gasteiger partial charge in [-0.2, -0.15) is 0 Å². The van der Waals surface area contributed by atoms with Gasteiger partial charge >= 0.3 is 0 Å². The minimum atomic E-state index is -0.0500. The number of carbonyl (C=O) groups is 1. The van der Waals surface area contributed by atoms with Gasteiger partial charge in [-0.05, 0) is 18.2 Å². The smallest absolute Gasteiger partial charge is 0.265 e. The van der Waals surface area contributed by atoms with Crippen molar-refractivity contribution in [3.63, 3.8) is 0 Å². The Labute approximate surface area is 96.1 Å². The fraction of sp³-hybridized carbons (Fsp3) is 0.300. The van der Waals surface area contributed by atoms with Crippen molar-refractivity contribution < 1.29 is 9.53 Å². The molecule has 4 nitrogen and oxygen atoms in total. The van der Waals surface area contributed by atoms with Crippen molar-refractivity contribution >= 4 is 27.5 Å². The minimum Gasteiger partial charge on any atom is -0.482 e. The molecule has 0 unspecified atom stereocenters. The number of carbonyl (C=O) groups excluding carboxylic acids is 1. The molecule has 0 aliphatic carbocycles. The topological polar surface area (TPSA) is 55.6 Å². The first-order valence-corrected chi connectivity index (χ1v) is 5.44. The third kappa shape index (κ3) is 1.98. The lowest BCUT2D eigenvalue weighted by molar-refractivity contribution is -0.121. The van der Waals surface area contributed by atoms with Crippen LogP contribution in [0.5, 0.6) is 5.75 Å². The number of hydrogen-bond acceptors (Lipinski definition) is 3. The number of amides is 1. The quantitative estimate of drug-likeness (QED) is 0.877. The third-order valence-corrected chi connectivity index (χ3v) is 2.71. The van der Waals surface area contributed by atoms with E-state index in [1.165, 1.54) is 0 Å². The van der Waals surface area contributed by atoms with Crippen LogP contribution in [0.4, 0.5) is 5.69 Å². The van der Waals surface area contributed by atoms with Gasteiger partial charge in [-0.1, -0.05) is 15.9 Å². The molecule has 5 heteroatoms. The highest BCUT2D eigenvalue weighted by Gasteiger charge is 2.24. The Kier molecular flexibility index (Phi) is 2.93. The third-order valence-electron chi connectivity index (χ3n) is 2.22. The van der Waals surface area contributed by atoms with E-state index in [9.17, 15) is 4.79 Å². The first-order chi connectivity index (χ1) is 7.22. The highest BCUT2D eigenvalue weighted by atomic mass is 79.9. The normalized spacial score (nSPS) is 14.8. The molecule has 0 radical (unpaired) electrons. The van der Waals surface area contributed by atoms with Gasteiger partial charge in [-0.25, -0.2) is 0 Å². The number of ether oxygens (including phenoxy) is 1. The van der Waals surface area contributed by atoms with Gasteiger partial charge in [-0.3, -0.25) is 4.79 Å². The number of hydrogen-bond donors (Lipinski definition) is 1. The molecular formula is C10H11BrN2O2. The van der Waals surface area contributed by atoms with Crippen LogP contribution in [0.1, 0.15) is 0 Å². The van der Waals surface area contributed by atoms with Crippen molar-refractivity contribution in [1.82, 2.24) is 0 Å². The first kappa shape index (κ1) is 10.4. The highest BCUT2D eigenvalue weighted by Crippen LogP contribution is 2.34. The lowest BCUT2D eigenvalue weighted by Gasteiger charge is -2.29. The predicted octanol–water partition coefficient (Wildman–Crippen LogP) is 1.13. The summed E-state index contributed by atoms with van der Waals surface area (Å²) < 4.78 is 6.23. The molecule has 0 aromatic heterocycles. The molecule has 0 spiro atoms. The summed E-state index contributed by atoms with van der Waals surface area (Å²) in [7, 11) is 0. The molecule has 0 atom stereocenters. The Balaban J connectivity index is 2.41. The molecular weight excluding hydrogens is 260 g/mol. The van der Waals surface area contributed by atoms with Gasteiger partial charge in [0, 0.05) is 17.6 Å². The Morgan fingerprint density at radius 3 is 3.07 bits per heavy atom. The van der Waals surface area contributed by atoms with E-state index in [2.05, 4.69) is 15.9 Å². The van der Waals surface area contributed by atoms with Crippen LogP contribution in [-0.4, -0.2) is 25.6 Å². The molecule has 0 saturated carbocycles. The lowest BCUT2D eigenvalue weighted by atomic mass is 10.2. The van der Waals surface area contributed by atoms with Crippen molar-refractivity contribution in [2.45, 2.75) is 0 Å². The second kappa shape index (κ2) is 4.20. The molecule has 1 heterocycles. The van der Waals surface area contributed by atoms with E-state index in [1.807, 2.05) is 18.2 Å². The zero-order valence-electron chi connectivity index (χ0n) is 8.07. The summed E-state index contributed by atoms with van der Waals surface area (Å²) in [6.45, 7) is 1.05. The maximum absolute atomic E-state index is 11.6. The summed E-state index contributed by atoms with van der Waals surface area (Å²) in [6, 6.07) is 5.59. The van der Waals surface area contributed by atoms with Crippen LogP contribution in [0.25, 0.3) is 0 Å². The summed E-state index contributed by atoms with van der Waals surface area (Å²) in [4.78, 5) is 13.2. The summed E-state index contributed by atoms with van der Waals surface area (Å²) in [5, 5.41) is 0. The maximum Gasteiger partial charge on any atom is 0.265 e. The molecule has 1 aromatic rings. The molecule has 0 fully saturated rings. The van der Waals surface area contributed by atoms with Crippen molar-refractivity contribution in [2.75, 3.05) is 24.6 Å². The van der Waals surface area contributed by atoms with E-state index >= 15 is 0 Å². The van der Waals surface area contributed by atoms with Crippen molar-refractivity contribution in [1.29, 1.82) is 0 Å². The number of halogens is 1. The fourth-order valence-corrected chi connectivity index (χ4v) is 1.90. The summed E-state index contributed by atoms with van der Waals surface area (Å²) >= 11 is 3.36. The van der Waals surface area contributed by atoms with Crippen LogP contribution < -0.4 is 15.4 Å². The molecule has 1 aromatic carbocycles. The molecule has 2 rings (SSSR count). The highest BCUT2D eigenvalue weighted by molar-refractivity contribution is 9.10. The first-order valence-electron chi connectivity index (χ1n) is 4.65. The summed E-state index contributed by atoms with van der Waals surface area (Å²) in [5.74, 6) is 0.678. The van der Waals surface area contributed by atoms with Gasteiger partial charge in [0.15, 0.2) is 6.61 Å².